The van der Waals surface area contributed by atoms with Crippen LogP contribution < -0.4 is 10.7 Å². The van der Waals surface area contributed by atoms with Crippen molar-refractivity contribution in [1.82, 2.24) is 19.9 Å². The predicted molar refractivity (Wildman–Crippen MR) is 109 cm³/mol. The van der Waals surface area contributed by atoms with Crippen LogP contribution in [0.15, 0.2) is 63.5 Å². The molecule has 0 saturated carbocycles. The molecule has 4 rings (SSSR count). The number of carboxylic acid groups (broad SMARTS) is 1. The van der Waals surface area contributed by atoms with Gasteiger partial charge < -0.3 is 10.4 Å². The first-order valence-corrected chi connectivity index (χ1v) is 9.59. The summed E-state index contributed by atoms with van der Waals surface area (Å²) in [6, 6.07) is 12.6. The molecule has 0 aliphatic carbocycles. The quantitative estimate of drug-likeness (QED) is 0.450. The number of carbonyl (C=O) groups excluding carboxylic acids is 1. The Balaban J connectivity index is 1.78. The van der Waals surface area contributed by atoms with Gasteiger partial charge in [0.2, 0.25) is 0 Å². The molecule has 0 atom stereocenters. The summed E-state index contributed by atoms with van der Waals surface area (Å²) in [4.78, 5) is 40.6. The van der Waals surface area contributed by atoms with Gasteiger partial charge in [0, 0.05) is 16.0 Å². The molecule has 0 aliphatic heterocycles. The molecule has 10 heteroatoms. The summed E-state index contributed by atoms with van der Waals surface area (Å²) in [5, 5.41) is 16.9. The van der Waals surface area contributed by atoms with E-state index in [1.807, 2.05) is 30.3 Å². The van der Waals surface area contributed by atoms with Crippen molar-refractivity contribution >= 4 is 51.7 Å². The molecule has 29 heavy (non-hydrogen) atoms. The van der Waals surface area contributed by atoms with E-state index in [9.17, 15) is 14.4 Å². The van der Waals surface area contributed by atoms with E-state index in [0.717, 1.165) is 15.7 Å². The largest absolute Gasteiger partial charge is 0.480 e. The van der Waals surface area contributed by atoms with Crippen LogP contribution in [0.1, 0.15) is 10.4 Å². The van der Waals surface area contributed by atoms with Gasteiger partial charge in [-0.1, -0.05) is 41.6 Å². The Bertz CT molecular complexity index is 1330. The van der Waals surface area contributed by atoms with Gasteiger partial charge in [-0.25, -0.2) is 9.50 Å². The molecule has 0 spiro atoms. The first-order valence-electron chi connectivity index (χ1n) is 8.39. The molecular formula is C19H13ClN4O4S. The standard InChI is InChI=1S/C19H13ClN4O4S/c20-11-4-5-12-10(6-11)2-1-3-14(12)29-15-7-13(25)17(18-22-9-23-24(15)18)19(28)21-8-16(26)27/h1-7,9H,8H2,(H,21,28)(H,22,23)(H,26,27). The number of carboxylic acids is 1. The maximum Gasteiger partial charge on any atom is 0.322 e. The number of aliphatic carboxylic acids is 1. The molecule has 0 fully saturated rings. The Kier molecular flexibility index (Phi) is 4.99. The van der Waals surface area contributed by atoms with Crippen LogP contribution in [0.2, 0.25) is 5.02 Å². The molecule has 3 N–H and O–H groups in total. The van der Waals surface area contributed by atoms with E-state index in [2.05, 4.69) is 15.4 Å². The highest BCUT2D eigenvalue weighted by Crippen LogP contribution is 2.34. The second-order valence-corrected chi connectivity index (χ2v) is 7.57. The summed E-state index contributed by atoms with van der Waals surface area (Å²) in [5.74, 6) is -2.00. The minimum absolute atomic E-state index is 0.117. The highest BCUT2D eigenvalue weighted by atomic mass is 35.5. The van der Waals surface area contributed by atoms with Gasteiger partial charge >= 0.3 is 5.97 Å². The van der Waals surface area contributed by atoms with Gasteiger partial charge in [0.05, 0.1) is 0 Å². The molecular weight excluding hydrogens is 416 g/mol. The number of hydrogen-bond acceptors (Lipinski definition) is 5. The molecule has 1 amide bonds. The van der Waals surface area contributed by atoms with Crippen LogP contribution in [0.5, 0.6) is 0 Å². The zero-order chi connectivity index (χ0) is 20.5. The smallest absolute Gasteiger partial charge is 0.322 e. The summed E-state index contributed by atoms with van der Waals surface area (Å²) < 4.78 is 1.51. The van der Waals surface area contributed by atoms with Gasteiger partial charge in [-0.3, -0.25) is 19.5 Å². The monoisotopic (exact) mass is 428 g/mol. The molecule has 4 aromatic rings. The molecule has 2 aromatic heterocycles. The fourth-order valence-corrected chi connectivity index (χ4v) is 4.17. The molecule has 0 unspecified atom stereocenters. The molecule has 146 valence electrons. The minimum Gasteiger partial charge on any atom is -0.480 e. The Morgan fingerprint density at radius 1 is 1.24 bits per heavy atom. The SMILES string of the molecule is O=C(O)CNC(=O)c1c(=O)cc(Sc2cccc3cc(Cl)ccc23)n2[nH]cnc12. The van der Waals surface area contributed by atoms with Gasteiger partial charge in [-0.05, 0) is 29.0 Å². The third kappa shape index (κ3) is 3.69. The summed E-state index contributed by atoms with van der Waals surface area (Å²) in [5.41, 5.74) is -0.654. The highest BCUT2D eigenvalue weighted by molar-refractivity contribution is 7.99. The number of hydrogen-bond donors (Lipinski definition) is 3. The molecule has 2 heterocycles. The summed E-state index contributed by atoms with van der Waals surface area (Å²) >= 11 is 7.40. The summed E-state index contributed by atoms with van der Waals surface area (Å²) in [6.07, 6.45) is 1.36. The summed E-state index contributed by atoms with van der Waals surface area (Å²) in [6.45, 7) is -0.593. The fraction of sp³-hybridized carbons (Fsp3) is 0.0526. The molecule has 0 radical (unpaired) electrons. The van der Waals surface area contributed by atoms with Crippen LogP contribution in [-0.4, -0.2) is 38.1 Å². The second kappa shape index (κ2) is 7.61. The van der Waals surface area contributed by atoms with E-state index >= 15 is 0 Å². The number of fused-ring (bicyclic) bond motifs is 2. The lowest BCUT2D eigenvalue weighted by atomic mass is 10.1. The van der Waals surface area contributed by atoms with Crippen LogP contribution in [0.25, 0.3) is 16.4 Å². The van der Waals surface area contributed by atoms with E-state index in [-0.39, 0.29) is 11.2 Å². The number of nitrogens with one attached hydrogen (secondary N) is 2. The van der Waals surface area contributed by atoms with Crippen molar-refractivity contribution in [2.45, 2.75) is 9.92 Å². The van der Waals surface area contributed by atoms with Crippen molar-refractivity contribution in [3.05, 3.63) is 69.6 Å². The zero-order valence-electron chi connectivity index (χ0n) is 14.7. The van der Waals surface area contributed by atoms with E-state index < -0.39 is 23.9 Å². The van der Waals surface area contributed by atoms with Crippen molar-refractivity contribution in [2.75, 3.05) is 6.54 Å². The third-order valence-electron chi connectivity index (χ3n) is 4.17. The van der Waals surface area contributed by atoms with Crippen LogP contribution in [0, 0.1) is 0 Å². The molecule has 0 bridgehead atoms. The lowest BCUT2D eigenvalue weighted by molar-refractivity contribution is -0.135. The lowest BCUT2D eigenvalue weighted by Gasteiger charge is -2.10. The first kappa shape index (κ1) is 19.0. The first-order chi connectivity index (χ1) is 13.9. The number of pyridine rings is 1. The average Bonchev–Trinajstić information content (AvgIpc) is 3.16. The molecule has 0 saturated heterocycles. The molecule has 2 aromatic carbocycles. The Morgan fingerprint density at radius 2 is 2.07 bits per heavy atom. The van der Waals surface area contributed by atoms with Crippen LogP contribution >= 0.6 is 23.4 Å². The normalized spacial score (nSPS) is 11.1. The van der Waals surface area contributed by atoms with E-state index in [1.165, 1.54) is 28.7 Å². The predicted octanol–water partition coefficient (Wildman–Crippen LogP) is 2.79. The number of H-pyrrole nitrogens is 1. The van der Waals surface area contributed by atoms with Crippen molar-refractivity contribution in [3.63, 3.8) is 0 Å². The number of amides is 1. The van der Waals surface area contributed by atoms with Crippen molar-refractivity contribution < 1.29 is 14.7 Å². The Morgan fingerprint density at radius 3 is 2.86 bits per heavy atom. The van der Waals surface area contributed by atoms with Gasteiger partial charge in [0.1, 0.15) is 23.5 Å². The number of nitrogens with zero attached hydrogens (tertiary/aromatic N) is 2. The van der Waals surface area contributed by atoms with Crippen molar-refractivity contribution in [3.8, 4) is 0 Å². The number of halogens is 1. The lowest BCUT2D eigenvalue weighted by Crippen LogP contribution is -2.33. The van der Waals surface area contributed by atoms with E-state index in [1.54, 1.807) is 6.07 Å². The van der Waals surface area contributed by atoms with Crippen molar-refractivity contribution in [1.29, 1.82) is 0 Å². The molecule has 0 aliphatic rings. The van der Waals surface area contributed by atoms with Crippen molar-refractivity contribution in [2.24, 2.45) is 0 Å². The maximum atomic E-state index is 12.6. The maximum absolute atomic E-state index is 12.6. The van der Waals surface area contributed by atoms with Crippen LogP contribution in [-0.2, 0) is 4.79 Å². The highest BCUT2D eigenvalue weighted by Gasteiger charge is 2.20. The van der Waals surface area contributed by atoms with E-state index in [4.69, 9.17) is 16.7 Å². The fourth-order valence-electron chi connectivity index (χ4n) is 2.93. The number of carbonyl (C=O) groups is 2. The Labute approximate surface area is 172 Å². The number of aromatic amines is 1. The topological polar surface area (TPSA) is 117 Å². The van der Waals surface area contributed by atoms with E-state index in [0.29, 0.717) is 10.0 Å². The summed E-state index contributed by atoms with van der Waals surface area (Å²) in [7, 11) is 0. The second-order valence-electron chi connectivity index (χ2n) is 6.07. The van der Waals surface area contributed by atoms with Gasteiger partial charge in [-0.2, -0.15) is 0 Å². The van der Waals surface area contributed by atoms with Crippen LogP contribution in [0.3, 0.4) is 0 Å². The minimum atomic E-state index is -1.21. The molecule has 8 nitrogen and oxygen atoms in total. The van der Waals surface area contributed by atoms with Crippen LogP contribution in [0.4, 0.5) is 0 Å². The average molecular weight is 429 g/mol. The van der Waals surface area contributed by atoms with Gasteiger partial charge in [0.15, 0.2) is 11.1 Å². The zero-order valence-corrected chi connectivity index (χ0v) is 16.3. The van der Waals surface area contributed by atoms with Gasteiger partial charge in [-0.15, -0.1) is 0 Å². The number of benzene rings is 2. The Hall–Kier alpha value is -3.30. The van der Waals surface area contributed by atoms with Gasteiger partial charge in [0.25, 0.3) is 5.91 Å². The number of aromatic nitrogens is 3. The number of rotatable bonds is 5. The third-order valence-corrected chi connectivity index (χ3v) is 5.50.